The lowest BCUT2D eigenvalue weighted by molar-refractivity contribution is -0.858. The van der Waals surface area contributed by atoms with Crippen LogP contribution in [0.1, 0.15) is 23.5 Å². The predicted octanol–water partition coefficient (Wildman–Crippen LogP) is -0.994. The molecule has 1 heterocycles. The van der Waals surface area contributed by atoms with E-state index in [4.69, 9.17) is 9.47 Å². The number of fused-ring (bicyclic) bond motifs is 2. The summed E-state index contributed by atoms with van der Waals surface area (Å²) in [5, 5.41) is 0. The molecule has 0 unspecified atom stereocenters. The van der Waals surface area contributed by atoms with Crippen LogP contribution in [0.15, 0.2) is 48.5 Å². The van der Waals surface area contributed by atoms with E-state index >= 15 is 0 Å². The lowest BCUT2D eigenvalue weighted by Crippen LogP contribution is -3.05. The zero-order chi connectivity index (χ0) is 16.2. The number of nitrogens with one attached hydrogen (secondary N) is 1. The van der Waals surface area contributed by atoms with Crippen LogP contribution in [0.3, 0.4) is 0 Å². The molecule has 2 aromatic carbocycles. The Balaban J connectivity index is 0.00000208. The van der Waals surface area contributed by atoms with E-state index in [9.17, 15) is 4.79 Å². The van der Waals surface area contributed by atoms with Crippen molar-refractivity contribution in [3.63, 3.8) is 0 Å². The molecule has 0 aliphatic carbocycles. The van der Waals surface area contributed by atoms with Crippen molar-refractivity contribution < 1.29 is 31.6 Å². The van der Waals surface area contributed by atoms with Gasteiger partial charge in [-0.2, -0.15) is 0 Å². The topological polar surface area (TPSA) is 40.0 Å². The van der Waals surface area contributed by atoms with Gasteiger partial charge in [0.1, 0.15) is 17.4 Å². The van der Waals surface area contributed by atoms with Crippen LogP contribution in [0.2, 0.25) is 0 Å². The summed E-state index contributed by atoms with van der Waals surface area (Å²) in [6.07, 6.45) is 0.862. The molecule has 1 aliphatic heterocycles. The van der Waals surface area contributed by atoms with Gasteiger partial charge >= 0.3 is 5.97 Å². The van der Waals surface area contributed by atoms with Gasteiger partial charge in [-0.15, -0.1) is 0 Å². The molecule has 1 aliphatic rings. The molecule has 0 atom stereocenters. The SMILES string of the molecule is C[NH+](C)CCCOC(=O)C1c2ccccc2Oc2ccccc21.[Cl-]. The Morgan fingerprint density at radius 1 is 1.04 bits per heavy atom. The molecule has 0 saturated carbocycles. The van der Waals surface area contributed by atoms with Crippen molar-refractivity contribution in [1.82, 2.24) is 0 Å². The predicted molar refractivity (Wildman–Crippen MR) is 88.1 cm³/mol. The number of rotatable bonds is 5. The second-order valence-electron chi connectivity index (χ2n) is 6.09. The van der Waals surface area contributed by atoms with E-state index in [1.54, 1.807) is 0 Å². The number of quaternary nitrogens is 1. The quantitative estimate of drug-likeness (QED) is 0.557. The van der Waals surface area contributed by atoms with Crippen molar-refractivity contribution in [2.24, 2.45) is 0 Å². The number of ether oxygens (including phenoxy) is 2. The van der Waals surface area contributed by atoms with Gasteiger partial charge in [-0.25, -0.2) is 0 Å². The van der Waals surface area contributed by atoms with Gasteiger partial charge in [0.2, 0.25) is 0 Å². The van der Waals surface area contributed by atoms with Crippen LogP contribution in [-0.4, -0.2) is 33.2 Å². The number of carbonyl (C=O) groups is 1. The third-order valence-corrected chi connectivity index (χ3v) is 3.98. The second kappa shape index (κ2) is 8.18. The molecular formula is C19H22ClNO3. The first-order chi connectivity index (χ1) is 11.2. The molecular weight excluding hydrogens is 326 g/mol. The summed E-state index contributed by atoms with van der Waals surface area (Å²) in [5.74, 6) is 0.835. The molecule has 3 rings (SSSR count). The van der Waals surface area contributed by atoms with E-state index in [0.717, 1.165) is 35.6 Å². The second-order valence-corrected chi connectivity index (χ2v) is 6.09. The average Bonchev–Trinajstić information content (AvgIpc) is 2.56. The lowest BCUT2D eigenvalue weighted by atomic mass is 9.88. The van der Waals surface area contributed by atoms with Crippen LogP contribution in [0.5, 0.6) is 11.5 Å². The van der Waals surface area contributed by atoms with E-state index in [0.29, 0.717) is 6.61 Å². The zero-order valence-electron chi connectivity index (χ0n) is 13.9. The Hall–Kier alpha value is -2.04. The Morgan fingerprint density at radius 3 is 2.12 bits per heavy atom. The Labute approximate surface area is 148 Å². The monoisotopic (exact) mass is 347 g/mol. The van der Waals surface area contributed by atoms with Crippen LogP contribution in [0, 0.1) is 0 Å². The van der Waals surface area contributed by atoms with Gasteiger partial charge in [-0.1, -0.05) is 36.4 Å². The van der Waals surface area contributed by atoms with Gasteiger partial charge in [0.15, 0.2) is 0 Å². The van der Waals surface area contributed by atoms with Gasteiger partial charge in [0.05, 0.1) is 27.2 Å². The fourth-order valence-electron chi connectivity index (χ4n) is 2.85. The normalized spacial score (nSPS) is 12.6. The molecule has 0 aromatic heterocycles. The first kappa shape index (κ1) is 18.3. The summed E-state index contributed by atoms with van der Waals surface area (Å²) in [6.45, 7) is 1.43. The third kappa shape index (κ3) is 3.89. The van der Waals surface area contributed by atoms with Crippen LogP contribution in [-0.2, 0) is 9.53 Å². The maximum Gasteiger partial charge on any atom is 0.318 e. The van der Waals surface area contributed by atoms with Crippen LogP contribution < -0.4 is 22.0 Å². The first-order valence-electron chi connectivity index (χ1n) is 7.98. The minimum absolute atomic E-state index is 0. The van der Waals surface area contributed by atoms with Gasteiger partial charge < -0.3 is 26.8 Å². The van der Waals surface area contributed by atoms with Gasteiger partial charge in [0.25, 0.3) is 0 Å². The Kier molecular flexibility index (Phi) is 6.23. The number of hydrogen-bond acceptors (Lipinski definition) is 3. The summed E-state index contributed by atoms with van der Waals surface area (Å²) in [5.41, 5.74) is 1.74. The van der Waals surface area contributed by atoms with Crippen molar-refractivity contribution in [2.45, 2.75) is 12.3 Å². The molecule has 2 aromatic rings. The average molecular weight is 348 g/mol. The zero-order valence-corrected chi connectivity index (χ0v) is 14.7. The van der Waals surface area contributed by atoms with Crippen LogP contribution in [0.4, 0.5) is 0 Å². The van der Waals surface area contributed by atoms with E-state index in [2.05, 4.69) is 14.1 Å². The minimum Gasteiger partial charge on any atom is -1.00 e. The summed E-state index contributed by atoms with van der Waals surface area (Å²) < 4.78 is 11.4. The van der Waals surface area contributed by atoms with Crippen LogP contribution in [0.25, 0.3) is 0 Å². The number of carbonyl (C=O) groups excluding carboxylic acids is 1. The summed E-state index contributed by atoms with van der Waals surface area (Å²) in [6, 6.07) is 15.3. The first-order valence-corrected chi connectivity index (χ1v) is 7.98. The van der Waals surface area contributed by atoms with Crippen molar-refractivity contribution >= 4 is 5.97 Å². The van der Waals surface area contributed by atoms with Gasteiger partial charge in [0, 0.05) is 17.5 Å². The molecule has 128 valence electrons. The maximum atomic E-state index is 12.7. The molecule has 0 radical (unpaired) electrons. The fourth-order valence-corrected chi connectivity index (χ4v) is 2.85. The molecule has 0 bridgehead atoms. The van der Waals surface area contributed by atoms with E-state index in [1.807, 2.05) is 48.5 Å². The highest BCUT2D eigenvalue weighted by Gasteiger charge is 2.33. The van der Waals surface area contributed by atoms with Crippen molar-refractivity contribution in [3.8, 4) is 11.5 Å². The molecule has 0 fully saturated rings. The number of para-hydroxylation sites is 2. The summed E-state index contributed by atoms with van der Waals surface area (Å²) in [7, 11) is 4.18. The molecule has 4 nitrogen and oxygen atoms in total. The molecule has 24 heavy (non-hydrogen) atoms. The van der Waals surface area contributed by atoms with Crippen LogP contribution >= 0.6 is 0 Å². The lowest BCUT2D eigenvalue weighted by Gasteiger charge is -2.26. The van der Waals surface area contributed by atoms with Gasteiger partial charge in [-0.3, -0.25) is 4.79 Å². The third-order valence-electron chi connectivity index (χ3n) is 3.98. The van der Waals surface area contributed by atoms with Crippen molar-refractivity contribution in [2.75, 3.05) is 27.2 Å². The summed E-state index contributed by atoms with van der Waals surface area (Å²) >= 11 is 0. The number of hydrogen-bond donors (Lipinski definition) is 1. The molecule has 0 saturated heterocycles. The largest absolute Gasteiger partial charge is 1.00 e. The summed E-state index contributed by atoms with van der Waals surface area (Å²) in [4.78, 5) is 14.0. The minimum atomic E-state index is -0.414. The number of halogens is 1. The smallest absolute Gasteiger partial charge is 0.318 e. The Morgan fingerprint density at radius 2 is 1.58 bits per heavy atom. The highest BCUT2D eigenvalue weighted by Crippen LogP contribution is 2.44. The standard InChI is InChI=1S/C19H21NO3.ClH/c1-20(2)12-7-13-22-19(21)18-14-8-3-5-10-16(14)23-17-11-6-4-9-15(17)18;/h3-6,8-11,18H,7,12-13H2,1-2H3;1H. The van der Waals surface area contributed by atoms with Crippen molar-refractivity contribution in [1.29, 1.82) is 0 Å². The number of benzene rings is 2. The van der Waals surface area contributed by atoms with Gasteiger partial charge in [-0.05, 0) is 12.1 Å². The fraction of sp³-hybridized carbons (Fsp3) is 0.316. The van der Waals surface area contributed by atoms with E-state index < -0.39 is 5.92 Å². The van der Waals surface area contributed by atoms with E-state index in [1.165, 1.54) is 4.90 Å². The highest BCUT2D eigenvalue weighted by molar-refractivity contribution is 5.85. The number of esters is 1. The van der Waals surface area contributed by atoms with Crippen molar-refractivity contribution in [3.05, 3.63) is 59.7 Å². The molecule has 0 spiro atoms. The Bertz CT molecular complexity index is 657. The molecule has 5 heteroatoms. The highest BCUT2D eigenvalue weighted by atomic mass is 35.5. The van der Waals surface area contributed by atoms with E-state index in [-0.39, 0.29) is 18.4 Å². The molecule has 0 amide bonds. The molecule has 1 N–H and O–H groups in total. The maximum absolute atomic E-state index is 12.7.